The van der Waals surface area contributed by atoms with E-state index in [1.165, 1.54) is 18.3 Å². The molecule has 0 atom stereocenters. The van der Waals surface area contributed by atoms with Crippen LogP contribution in [0.4, 0.5) is 9.18 Å². The number of carbonyl (C=O) groups excluding carboxylic acids is 1. The highest BCUT2D eigenvalue weighted by atomic mass is 35.5. The van der Waals surface area contributed by atoms with Gasteiger partial charge in [-0.05, 0) is 30.2 Å². The Morgan fingerprint density at radius 3 is 2.71 bits per heavy atom. The number of urea groups is 1. The van der Waals surface area contributed by atoms with Crippen LogP contribution in [-0.4, -0.2) is 18.5 Å². The van der Waals surface area contributed by atoms with Gasteiger partial charge in [0.05, 0.1) is 0 Å². The van der Waals surface area contributed by atoms with Crippen molar-refractivity contribution in [3.05, 3.63) is 41.8 Å². The maximum absolute atomic E-state index is 12.6. The summed E-state index contributed by atoms with van der Waals surface area (Å²) >= 11 is 5.47. The molecule has 0 aliphatic heterocycles. The van der Waals surface area contributed by atoms with Gasteiger partial charge in [-0.3, -0.25) is 0 Å². The minimum Gasteiger partial charge on any atom is -0.338 e. The lowest BCUT2D eigenvalue weighted by Crippen LogP contribution is -2.32. The Bertz CT molecular complexity index is 379. The first-order valence-electron chi connectivity index (χ1n) is 5.25. The highest BCUT2D eigenvalue weighted by Gasteiger charge is 1.94. The van der Waals surface area contributed by atoms with Crippen molar-refractivity contribution >= 4 is 23.7 Å². The van der Waals surface area contributed by atoms with Gasteiger partial charge in [0.25, 0.3) is 0 Å². The van der Waals surface area contributed by atoms with Crippen LogP contribution in [0.2, 0.25) is 0 Å². The third-order valence-electron chi connectivity index (χ3n) is 1.96. The fraction of sp³-hybridized carbons (Fsp3) is 0.250. The summed E-state index contributed by atoms with van der Waals surface area (Å²) in [5.74, 6) is 0.236. The van der Waals surface area contributed by atoms with Gasteiger partial charge in [0, 0.05) is 18.6 Å². The van der Waals surface area contributed by atoms with Crippen molar-refractivity contribution in [1.29, 1.82) is 0 Å². The molecule has 0 saturated heterocycles. The molecule has 1 aromatic carbocycles. The molecule has 0 aliphatic rings. The van der Waals surface area contributed by atoms with Gasteiger partial charge in [-0.2, -0.15) is 0 Å². The van der Waals surface area contributed by atoms with Gasteiger partial charge in [0.15, 0.2) is 0 Å². The van der Waals surface area contributed by atoms with Crippen molar-refractivity contribution in [1.82, 2.24) is 10.6 Å². The molecule has 3 nitrogen and oxygen atoms in total. The van der Waals surface area contributed by atoms with E-state index >= 15 is 0 Å². The zero-order valence-corrected chi connectivity index (χ0v) is 10.0. The van der Waals surface area contributed by atoms with E-state index in [1.54, 1.807) is 18.2 Å². The number of nitrogens with one attached hydrogen (secondary N) is 2. The number of halogens is 2. The largest absolute Gasteiger partial charge is 0.338 e. The molecule has 0 fully saturated rings. The zero-order valence-electron chi connectivity index (χ0n) is 9.25. The third kappa shape index (κ3) is 5.92. The molecule has 0 aliphatic carbocycles. The summed E-state index contributed by atoms with van der Waals surface area (Å²) in [6.45, 7) is 0.541. The van der Waals surface area contributed by atoms with Crippen LogP contribution in [0, 0.1) is 5.82 Å². The monoisotopic (exact) mass is 256 g/mol. The summed E-state index contributed by atoms with van der Waals surface area (Å²) in [4.78, 5) is 11.2. The van der Waals surface area contributed by atoms with Gasteiger partial charge < -0.3 is 10.6 Å². The van der Waals surface area contributed by atoms with E-state index in [2.05, 4.69) is 10.6 Å². The molecule has 0 unspecified atom stereocenters. The first-order chi connectivity index (χ1) is 8.22. The average molecular weight is 257 g/mol. The molecule has 1 aromatic rings. The Morgan fingerprint density at radius 1 is 1.35 bits per heavy atom. The van der Waals surface area contributed by atoms with E-state index in [0.717, 1.165) is 12.0 Å². The van der Waals surface area contributed by atoms with Gasteiger partial charge in [0.2, 0.25) is 0 Å². The first-order valence-corrected chi connectivity index (χ1v) is 5.78. The molecule has 0 bridgehead atoms. The molecule has 0 heterocycles. The van der Waals surface area contributed by atoms with Crippen LogP contribution in [0.1, 0.15) is 12.0 Å². The van der Waals surface area contributed by atoms with Gasteiger partial charge in [-0.25, -0.2) is 9.18 Å². The number of benzene rings is 1. The Labute approximate surface area is 105 Å². The molecule has 5 heteroatoms. The number of carbonyl (C=O) groups is 1. The SMILES string of the molecule is O=C(N/C=C/c1ccc(F)cc1)NCCCCl. The van der Waals surface area contributed by atoms with Crippen molar-refractivity contribution in [2.24, 2.45) is 0 Å². The Hall–Kier alpha value is -1.55. The molecule has 92 valence electrons. The van der Waals surface area contributed by atoms with Crippen molar-refractivity contribution in [2.45, 2.75) is 6.42 Å². The average Bonchev–Trinajstić information content (AvgIpc) is 2.32. The van der Waals surface area contributed by atoms with Crippen molar-refractivity contribution in [2.75, 3.05) is 12.4 Å². The van der Waals surface area contributed by atoms with Crippen molar-refractivity contribution < 1.29 is 9.18 Å². The summed E-state index contributed by atoms with van der Waals surface area (Å²) < 4.78 is 12.6. The lowest BCUT2D eigenvalue weighted by molar-refractivity contribution is 0.244. The van der Waals surface area contributed by atoms with Crippen LogP contribution in [-0.2, 0) is 0 Å². The zero-order chi connectivity index (χ0) is 12.5. The molecule has 1 rings (SSSR count). The van der Waals surface area contributed by atoms with Crippen LogP contribution in [0.5, 0.6) is 0 Å². The molecular formula is C12H14ClFN2O. The predicted molar refractivity (Wildman–Crippen MR) is 67.3 cm³/mol. The van der Waals surface area contributed by atoms with Crippen LogP contribution in [0.15, 0.2) is 30.5 Å². The standard InChI is InChI=1S/C12H14ClFN2O/c13-7-1-8-15-12(17)16-9-6-10-2-4-11(14)5-3-10/h2-6,9H,1,7-8H2,(H2,15,16,17)/b9-6+. The summed E-state index contributed by atoms with van der Waals surface area (Å²) in [7, 11) is 0. The van der Waals surface area contributed by atoms with Gasteiger partial charge in [0.1, 0.15) is 5.82 Å². The fourth-order valence-electron chi connectivity index (χ4n) is 1.11. The van der Waals surface area contributed by atoms with E-state index in [-0.39, 0.29) is 11.8 Å². The van der Waals surface area contributed by atoms with Crippen LogP contribution in [0.25, 0.3) is 6.08 Å². The molecule has 0 saturated carbocycles. The Kier molecular flexibility index (Phi) is 6.10. The minimum atomic E-state index is -0.284. The summed E-state index contributed by atoms with van der Waals surface area (Å²) in [5.41, 5.74) is 0.812. The lowest BCUT2D eigenvalue weighted by atomic mass is 10.2. The summed E-state index contributed by atoms with van der Waals surface area (Å²) in [5, 5.41) is 5.17. The number of rotatable bonds is 5. The highest BCUT2D eigenvalue weighted by Crippen LogP contribution is 2.03. The molecule has 0 spiro atoms. The van der Waals surface area contributed by atoms with Gasteiger partial charge >= 0.3 is 6.03 Å². The first kappa shape index (κ1) is 13.5. The van der Waals surface area contributed by atoms with Crippen LogP contribution >= 0.6 is 11.6 Å². The van der Waals surface area contributed by atoms with E-state index < -0.39 is 0 Å². The highest BCUT2D eigenvalue weighted by molar-refractivity contribution is 6.17. The summed E-state index contributed by atoms with van der Waals surface area (Å²) in [6.07, 6.45) is 3.92. The van der Waals surface area contributed by atoms with E-state index in [1.807, 2.05) is 0 Å². The fourth-order valence-corrected chi connectivity index (χ4v) is 1.24. The second kappa shape index (κ2) is 7.68. The molecule has 2 amide bonds. The number of hydrogen-bond donors (Lipinski definition) is 2. The summed E-state index contributed by atoms with van der Waals surface area (Å²) in [6, 6.07) is 5.69. The molecule has 17 heavy (non-hydrogen) atoms. The second-order valence-corrected chi connectivity index (χ2v) is 3.71. The minimum absolute atomic E-state index is 0.283. The molecule has 2 N–H and O–H groups in total. The van der Waals surface area contributed by atoms with Crippen molar-refractivity contribution in [3.8, 4) is 0 Å². The lowest BCUT2D eigenvalue weighted by Gasteiger charge is -2.02. The number of hydrogen-bond acceptors (Lipinski definition) is 1. The van der Waals surface area contributed by atoms with Gasteiger partial charge in [-0.15, -0.1) is 11.6 Å². The van der Waals surface area contributed by atoms with Crippen LogP contribution in [0.3, 0.4) is 0 Å². The molecular weight excluding hydrogens is 243 g/mol. The predicted octanol–water partition coefficient (Wildman–Crippen LogP) is 2.72. The smallest absolute Gasteiger partial charge is 0.318 e. The maximum Gasteiger partial charge on any atom is 0.318 e. The van der Waals surface area contributed by atoms with E-state index in [9.17, 15) is 9.18 Å². The number of alkyl halides is 1. The maximum atomic E-state index is 12.6. The van der Waals surface area contributed by atoms with Gasteiger partial charge in [-0.1, -0.05) is 12.1 Å². The molecule has 0 aromatic heterocycles. The van der Waals surface area contributed by atoms with E-state index in [0.29, 0.717) is 12.4 Å². The Morgan fingerprint density at radius 2 is 2.06 bits per heavy atom. The quantitative estimate of drug-likeness (QED) is 0.617. The molecule has 0 radical (unpaired) electrons. The van der Waals surface area contributed by atoms with E-state index in [4.69, 9.17) is 11.6 Å². The topological polar surface area (TPSA) is 41.1 Å². The number of amides is 2. The third-order valence-corrected chi connectivity index (χ3v) is 2.22. The van der Waals surface area contributed by atoms with Crippen molar-refractivity contribution in [3.63, 3.8) is 0 Å². The van der Waals surface area contributed by atoms with Crippen LogP contribution < -0.4 is 10.6 Å². The normalized spacial score (nSPS) is 10.5. The second-order valence-electron chi connectivity index (χ2n) is 3.33. The Balaban J connectivity index is 2.29.